The lowest BCUT2D eigenvalue weighted by atomic mass is 9.81. The largest absolute Gasteiger partial charge is 0.369 e. The molecule has 1 aromatic rings. The molecule has 1 heterocycles. The number of anilines is 1. The molecule has 0 unspecified atom stereocenters. The fraction of sp³-hybridized carbons (Fsp3) is 0.556. The van der Waals surface area contributed by atoms with Crippen molar-refractivity contribution in [1.82, 2.24) is 5.32 Å². The van der Waals surface area contributed by atoms with E-state index >= 15 is 0 Å². The van der Waals surface area contributed by atoms with Crippen LogP contribution in [0.3, 0.4) is 0 Å². The zero-order chi connectivity index (χ0) is 17.2. The van der Waals surface area contributed by atoms with E-state index < -0.39 is 5.91 Å². The van der Waals surface area contributed by atoms with Crippen LogP contribution in [0.1, 0.15) is 44.5 Å². The van der Waals surface area contributed by atoms with E-state index in [9.17, 15) is 9.59 Å². The minimum Gasteiger partial charge on any atom is -0.369 e. The Balaban J connectivity index is 2.02. The molecule has 1 saturated heterocycles. The van der Waals surface area contributed by atoms with Crippen LogP contribution in [0.4, 0.5) is 5.69 Å². The molecule has 0 aliphatic carbocycles. The Morgan fingerprint density at radius 1 is 1.30 bits per heavy atom. The molecular formula is C18H27N3O2. The van der Waals surface area contributed by atoms with Crippen LogP contribution in [0, 0.1) is 11.3 Å². The number of hydrogen-bond acceptors (Lipinski definition) is 3. The fourth-order valence-corrected chi connectivity index (χ4v) is 2.77. The fourth-order valence-electron chi connectivity index (χ4n) is 2.77. The second kappa shape index (κ2) is 6.60. The molecule has 0 radical (unpaired) electrons. The van der Waals surface area contributed by atoms with Crippen molar-refractivity contribution in [2.45, 2.75) is 40.2 Å². The number of amides is 2. The molecule has 0 bridgehead atoms. The summed E-state index contributed by atoms with van der Waals surface area (Å²) >= 11 is 0. The first-order valence-corrected chi connectivity index (χ1v) is 8.14. The molecule has 3 N–H and O–H groups in total. The molecule has 1 aliphatic heterocycles. The highest BCUT2D eigenvalue weighted by Gasteiger charge is 2.31. The number of nitrogens with one attached hydrogen (secondary N) is 1. The zero-order valence-electron chi connectivity index (χ0n) is 14.4. The molecule has 1 aromatic carbocycles. The van der Waals surface area contributed by atoms with Gasteiger partial charge >= 0.3 is 0 Å². The van der Waals surface area contributed by atoms with Crippen LogP contribution in [0.25, 0.3) is 0 Å². The second-order valence-corrected chi connectivity index (χ2v) is 7.41. The standard InChI is InChI=1S/C18H27N3O2/c1-12(18(2,3)4)17(23)20-13-9-10-21(11-13)15-8-6-5-7-14(15)16(19)22/h5-8,12-13H,9-11H2,1-4H3,(H2,19,22)(H,20,23)/t12-,13-/m0/s1. The smallest absolute Gasteiger partial charge is 0.250 e. The monoisotopic (exact) mass is 317 g/mol. The van der Waals surface area contributed by atoms with Crippen molar-refractivity contribution < 1.29 is 9.59 Å². The lowest BCUT2D eigenvalue weighted by Gasteiger charge is -2.27. The van der Waals surface area contributed by atoms with Crippen molar-refractivity contribution >= 4 is 17.5 Å². The van der Waals surface area contributed by atoms with Crippen molar-refractivity contribution in [2.75, 3.05) is 18.0 Å². The lowest BCUT2D eigenvalue weighted by molar-refractivity contribution is -0.128. The number of nitrogens with two attached hydrogens (primary N) is 1. The van der Waals surface area contributed by atoms with E-state index in [4.69, 9.17) is 5.73 Å². The Labute approximate surface area is 138 Å². The summed E-state index contributed by atoms with van der Waals surface area (Å²) in [5, 5.41) is 3.14. The third-order valence-corrected chi connectivity index (χ3v) is 4.74. The van der Waals surface area contributed by atoms with Crippen molar-refractivity contribution in [2.24, 2.45) is 17.1 Å². The second-order valence-electron chi connectivity index (χ2n) is 7.41. The summed E-state index contributed by atoms with van der Waals surface area (Å²) in [5.41, 5.74) is 6.77. The third-order valence-electron chi connectivity index (χ3n) is 4.74. The minimum absolute atomic E-state index is 0.0468. The molecule has 126 valence electrons. The van der Waals surface area contributed by atoms with Crippen molar-refractivity contribution in [3.63, 3.8) is 0 Å². The number of rotatable bonds is 4. The molecule has 0 saturated carbocycles. The van der Waals surface area contributed by atoms with E-state index in [1.165, 1.54) is 0 Å². The van der Waals surface area contributed by atoms with E-state index in [-0.39, 0.29) is 23.3 Å². The first-order valence-electron chi connectivity index (χ1n) is 8.14. The van der Waals surface area contributed by atoms with Gasteiger partial charge in [-0.2, -0.15) is 0 Å². The highest BCUT2D eigenvalue weighted by molar-refractivity contribution is 5.98. The zero-order valence-corrected chi connectivity index (χ0v) is 14.4. The van der Waals surface area contributed by atoms with Crippen LogP contribution >= 0.6 is 0 Å². The van der Waals surface area contributed by atoms with Gasteiger partial charge in [-0.1, -0.05) is 39.8 Å². The molecule has 2 amide bonds. The summed E-state index contributed by atoms with van der Waals surface area (Å²) in [6.45, 7) is 9.68. The van der Waals surface area contributed by atoms with Gasteiger partial charge in [0.1, 0.15) is 0 Å². The predicted molar refractivity (Wildman–Crippen MR) is 92.3 cm³/mol. The number of nitrogens with zero attached hydrogens (tertiary/aromatic N) is 1. The Bertz CT molecular complexity index is 592. The minimum atomic E-state index is -0.422. The average molecular weight is 317 g/mol. The Kier molecular flexibility index (Phi) is 4.97. The highest BCUT2D eigenvalue weighted by Crippen LogP contribution is 2.27. The molecular weight excluding hydrogens is 290 g/mol. The SMILES string of the molecule is C[C@@H](C(=O)N[C@H]1CCN(c2ccccc2C(N)=O)C1)C(C)(C)C. The topological polar surface area (TPSA) is 75.4 Å². The van der Waals surface area contributed by atoms with Gasteiger partial charge in [0, 0.05) is 30.7 Å². The first-order chi connectivity index (χ1) is 10.7. The predicted octanol–water partition coefficient (Wildman–Crippen LogP) is 2.16. The summed E-state index contributed by atoms with van der Waals surface area (Å²) in [4.78, 5) is 26.0. The number of benzene rings is 1. The van der Waals surface area contributed by atoms with E-state index in [1.54, 1.807) is 6.07 Å². The van der Waals surface area contributed by atoms with Gasteiger partial charge in [-0.25, -0.2) is 0 Å². The van der Waals surface area contributed by atoms with Gasteiger partial charge in [0.25, 0.3) is 5.91 Å². The van der Waals surface area contributed by atoms with Gasteiger partial charge < -0.3 is 16.0 Å². The van der Waals surface area contributed by atoms with Gasteiger partial charge in [-0.05, 0) is 24.0 Å². The maximum absolute atomic E-state index is 12.4. The molecule has 2 rings (SSSR count). The number of hydrogen-bond donors (Lipinski definition) is 2. The summed E-state index contributed by atoms with van der Waals surface area (Å²) in [5.74, 6) is -0.378. The molecule has 5 heteroatoms. The molecule has 23 heavy (non-hydrogen) atoms. The summed E-state index contributed by atoms with van der Waals surface area (Å²) in [6.07, 6.45) is 0.871. The molecule has 0 spiro atoms. The molecule has 1 aliphatic rings. The van der Waals surface area contributed by atoms with Crippen LogP contribution in [0.2, 0.25) is 0 Å². The molecule has 2 atom stereocenters. The van der Waals surface area contributed by atoms with Gasteiger partial charge in [0.05, 0.1) is 5.56 Å². The Morgan fingerprint density at radius 2 is 1.96 bits per heavy atom. The quantitative estimate of drug-likeness (QED) is 0.893. The maximum atomic E-state index is 12.4. The van der Waals surface area contributed by atoms with E-state index in [0.29, 0.717) is 12.1 Å². The van der Waals surface area contributed by atoms with E-state index in [1.807, 2.05) is 25.1 Å². The van der Waals surface area contributed by atoms with Crippen LogP contribution in [0.15, 0.2) is 24.3 Å². The van der Waals surface area contributed by atoms with E-state index in [0.717, 1.165) is 18.7 Å². The number of para-hydroxylation sites is 1. The van der Waals surface area contributed by atoms with Crippen molar-refractivity contribution in [1.29, 1.82) is 0 Å². The van der Waals surface area contributed by atoms with Crippen LogP contribution in [-0.2, 0) is 4.79 Å². The first kappa shape index (κ1) is 17.3. The van der Waals surface area contributed by atoms with Crippen molar-refractivity contribution in [3.8, 4) is 0 Å². The van der Waals surface area contributed by atoms with Crippen LogP contribution in [0.5, 0.6) is 0 Å². The summed E-state index contributed by atoms with van der Waals surface area (Å²) in [6, 6.07) is 7.46. The third kappa shape index (κ3) is 4.03. The van der Waals surface area contributed by atoms with Gasteiger partial charge in [0.15, 0.2) is 0 Å². The molecule has 5 nitrogen and oxygen atoms in total. The summed E-state index contributed by atoms with van der Waals surface area (Å²) < 4.78 is 0. The molecule has 0 aromatic heterocycles. The lowest BCUT2D eigenvalue weighted by Crippen LogP contribution is -2.43. The maximum Gasteiger partial charge on any atom is 0.250 e. The summed E-state index contributed by atoms with van der Waals surface area (Å²) in [7, 11) is 0. The van der Waals surface area contributed by atoms with Crippen LogP contribution < -0.4 is 16.0 Å². The Morgan fingerprint density at radius 3 is 2.57 bits per heavy atom. The van der Waals surface area contributed by atoms with Crippen LogP contribution in [-0.4, -0.2) is 30.9 Å². The van der Waals surface area contributed by atoms with Gasteiger partial charge in [-0.15, -0.1) is 0 Å². The van der Waals surface area contributed by atoms with Gasteiger partial charge in [-0.3, -0.25) is 9.59 Å². The number of carbonyl (C=O) groups is 2. The highest BCUT2D eigenvalue weighted by atomic mass is 16.2. The number of primary amides is 1. The number of carbonyl (C=O) groups excluding carboxylic acids is 2. The average Bonchev–Trinajstić information content (AvgIpc) is 2.93. The van der Waals surface area contributed by atoms with Crippen molar-refractivity contribution in [3.05, 3.63) is 29.8 Å². The van der Waals surface area contributed by atoms with Gasteiger partial charge in [0.2, 0.25) is 5.91 Å². The van der Waals surface area contributed by atoms with E-state index in [2.05, 4.69) is 31.0 Å². The molecule has 1 fully saturated rings. The normalized spacial score (nSPS) is 19.5. The Hall–Kier alpha value is -2.04.